The van der Waals surface area contributed by atoms with E-state index in [1.165, 1.54) is 58.0 Å². The zero-order chi connectivity index (χ0) is 17.3. The van der Waals surface area contributed by atoms with Crippen LogP contribution in [0.1, 0.15) is 93.4 Å². The molecule has 2 nitrogen and oxygen atoms in total. The normalized spacial score (nSPS) is 31.2. The maximum absolute atomic E-state index is 2.85. The summed E-state index contributed by atoms with van der Waals surface area (Å²) in [6.45, 7) is 19.6. The predicted octanol–water partition coefficient (Wildman–Crippen LogP) is 5.32. The molecule has 0 aliphatic carbocycles. The molecule has 0 N–H and O–H groups in total. The van der Waals surface area contributed by atoms with E-state index in [4.69, 9.17) is 0 Å². The van der Waals surface area contributed by atoms with Gasteiger partial charge in [0.05, 0.1) is 0 Å². The lowest BCUT2D eigenvalue weighted by Crippen LogP contribution is -2.62. The number of rotatable bonds is 5. The highest BCUT2D eigenvalue weighted by molar-refractivity contribution is 5.01. The van der Waals surface area contributed by atoms with Gasteiger partial charge in [0.1, 0.15) is 0 Å². The van der Waals surface area contributed by atoms with Crippen molar-refractivity contribution < 1.29 is 0 Å². The van der Waals surface area contributed by atoms with Crippen molar-refractivity contribution in [3.05, 3.63) is 0 Å². The summed E-state index contributed by atoms with van der Waals surface area (Å²) in [7, 11) is 0. The van der Waals surface area contributed by atoms with E-state index in [2.05, 4.69) is 58.3 Å². The Hall–Kier alpha value is -0.0800. The van der Waals surface area contributed by atoms with E-state index in [0.717, 1.165) is 12.0 Å². The summed E-state index contributed by atoms with van der Waals surface area (Å²) in [5.41, 5.74) is 0.771. The molecule has 23 heavy (non-hydrogen) atoms. The Kier molecular flexibility index (Phi) is 6.22. The standard InChI is InChI=1S/C21H42N2/c1-17(2)22-15-10-19(11-16-22)9-14-21(7)13-8-12-20(5,6)23(21)18(3)4/h17-19H,8-16H2,1-7H3. The number of piperidine rings is 2. The summed E-state index contributed by atoms with van der Waals surface area (Å²) in [5, 5.41) is 0. The van der Waals surface area contributed by atoms with E-state index >= 15 is 0 Å². The molecule has 2 aliphatic rings. The fourth-order valence-corrected chi connectivity index (χ4v) is 5.71. The summed E-state index contributed by atoms with van der Waals surface area (Å²) in [6.07, 6.45) is 9.80. The van der Waals surface area contributed by atoms with Crippen molar-refractivity contribution in [1.29, 1.82) is 0 Å². The molecule has 1 atom stereocenters. The zero-order valence-corrected chi connectivity index (χ0v) is 17.0. The van der Waals surface area contributed by atoms with Crippen molar-refractivity contribution in [1.82, 2.24) is 9.80 Å². The minimum Gasteiger partial charge on any atom is -0.301 e. The lowest BCUT2D eigenvalue weighted by Gasteiger charge is -2.57. The van der Waals surface area contributed by atoms with Crippen LogP contribution in [0.3, 0.4) is 0 Å². The van der Waals surface area contributed by atoms with Gasteiger partial charge in [-0.2, -0.15) is 0 Å². The second-order valence-corrected chi connectivity index (χ2v) is 9.74. The van der Waals surface area contributed by atoms with Crippen molar-refractivity contribution in [2.75, 3.05) is 13.1 Å². The lowest BCUT2D eigenvalue weighted by atomic mass is 9.74. The number of nitrogens with zero attached hydrogens (tertiary/aromatic N) is 2. The third-order valence-corrected chi connectivity index (χ3v) is 6.72. The minimum absolute atomic E-state index is 0.363. The van der Waals surface area contributed by atoms with Gasteiger partial charge in [-0.25, -0.2) is 0 Å². The van der Waals surface area contributed by atoms with Crippen LogP contribution in [0.2, 0.25) is 0 Å². The Bertz CT molecular complexity index is 366. The first-order valence-corrected chi connectivity index (χ1v) is 10.2. The molecule has 0 aromatic carbocycles. The van der Waals surface area contributed by atoms with Gasteiger partial charge in [0.25, 0.3) is 0 Å². The molecular formula is C21H42N2. The fourth-order valence-electron chi connectivity index (χ4n) is 5.71. The maximum atomic E-state index is 2.85. The molecule has 2 fully saturated rings. The van der Waals surface area contributed by atoms with Gasteiger partial charge in [-0.3, -0.25) is 4.90 Å². The maximum Gasteiger partial charge on any atom is 0.0189 e. The van der Waals surface area contributed by atoms with Crippen molar-refractivity contribution in [3.8, 4) is 0 Å². The molecule has 0 radical (unpaired) electrons. The molecule has 0 amide bonds. The zero-order valence-electron chi connectivity index (χ0n) is 17.0. The highest BCUT2D eigenvalue weighted by Gasteiger charge is 2.45. The van der Waals surface area contributed by atoms with E-state index in [1.54, 1.807) is 0 Å². The first-order chi connectivity index (χ1) is 10.7. The quantitative estimate of drug-likeness (QED) is 0.676. The van der Waals surface area contributed by atoms with E-state index in [1.807, 2.05) is 0 Å². The highest BCUT2D eigenvalue weighted by Crippen LogP contribution is 2.43. The van der Waals surface area contributed by atoms with E-state index in [-0.39, 0.29) is 0 Å². The number of hydrogen-bond donors (Lipinski definition) is 0. The molecular weight excluding hydrogens is 280 g/mol. The average Bonchev–Trinajstić information content (AvgIpc) is 2.44. The van der Waals surface area contributed by atoms with Crippen LogP contribution >= 0.6 is 0 Å². The summed E-state index contributed by atoms with van der Waals surface area (Å²) >= 11 is 0. The summed E-state index contributed by atoms with van der Waals surface area (Å²) in [4.78, 5) is 5.51. The minimum atomic E-state index is 0.363. The molecule has 0 aromatic rings. The van der Waals surface area contributed by atoms with Gasteiger partial charge in [0.2, 0.25) is 0 Å². The largest absolute Gasteiger partial charge is 0.301 e. The SMILES string of the molecule is CC(C)N1CCC(CCC2(C)CCCC(C)(C)N2C(C)C)CC1. The van der Waals surface area contributed by atoms with Crippen LogP contribution in [-0.4, -0.2) is 46.1 Å². The first kappa shape index (κ1) is 19.2. The Morgan fingerprint density at radius 1 is 0.913 bits per heavy atom. The van der Waals surface area contributed by atoms with Gasteiger partial charge >= 0.3 is 0 Å². The van der Waals surface area contributed by atoms with Gasteiger partial charge in [-0.15, -0.1) is 0 Å². The molecule has 0 bridgehead atoms. The molecule has 2 saturated heterocycles. The molecule has 2 heteroatoms. The van der Waals surface area contributed by atoms with Crippen LogP contribution in [0.5, 0.6) is 0 Å². The average molecular weight is 323 g/mol. The molecule has 2 rings (SSSR count). The van der Waals surface area contributed by atoms with Crippen LogP contribution in [0.4, 0.5) is 0 Å². The smallest absolute Gasteiger partial charge is 0.0189 e. The van der Waals surface area contributed by atoms with Crippen molar-refractivity contribution in [2.45, 2.75) is 117 Å². The Morgan fingerprint density at radius 2 is 1.52 bits per heavy atom. The van der Waals surface area contributed by atoms with Crippen LogP contribution < -0.4 is 0 Å². The second-order valence-electron chi connectivity index (χ2n) is 9.74. The molecule has 0 saturated carbocycles. The summed E-state index contributed by atoms with van der Waals surface area (Å²) < 4.78 is 0. The van der Waals surface area contributed by atoms with E-state index < -0.39 is 0 Å². The Morgan fingerprint density at radius 3 is 2.04 bits per heavy atom. The predicted molar refractivity (Wildman–Crippen MR) is 102 cm³/mol. The van der Waals surface area contributed by atoms with Crippen LogP contribution in [-0.2, 0) is 0 Å². The molecule has 1 unspecified atom stereocenters. The highest BCUT2D eigenvalue weighted by atomic mass is 15.3. The molecule has 2 aliphatic heterocycles. The van der Waals surface area contributed by atoms with Gasteiger partial charge in [-0.1, -0.05) is 0 Å². The van der Waals surface area contributed by atoms with E-state index in [9.17, 15) is 0 Å². The van der Waals surface area contributed by atoms with Gasteiger partial charge in [0.15, 0.2) is 0 Å². The fraction of sp³-hybridized carbons (Fsp3) is 1.00. The second kappa shape index (κ2) is 7.44. The monoisotopic (exact) mass is 322 g/mol. The molecule has 0 spiro atoms. The number of hydrogen-bond acceptors (Lipinski definition) is 2. The molecule has 2 heterocycles. The van der Waals surface area contributed by atoms with Crippen LogP contribution in [0, 0.1) is 5.92 Å². The topological polar surface area (TPSA) is 6.48 Å². The Labute approximate surface area is 146 Å². The van der Waals surface area contributed by atoms with Crippen LogP contribution in [0.25, 0.3) is 0 Å². The first-order valence-electron chi connectivity index (χ1n) is 10.2. The van der Waals surface area contributed by atoms with Crippen molar-refractivity contribution in [2.24, 2.45) is 5.92 Å². The lowest BCUT2D eigenvalue weighted by molar-refractivity contribution is -0.0680. The van der Waals surface area contributed by atoms with Gasteiger partial charge in [0, 0.05) is 23.2 Å². The molecule has 0 aromatic heterocycles. The molecule has 136 valence electrons. The van der Waals surface area contributed by atoms with Crippen LogP contribution in [0.15, 0.2) is 0 Å². The third-order valence-electron chi connectivity index (χ3n) is 6.72. The van der Waals surface area contributed by atoms with Gasteiger partial charge in [-0.05, 0) is 112 Å². The van der Waals surface area contributed by atoms with Crippen molar-refractivity contribution >= 4 is 0 Å². The number of likely N-dealkylation sites (tertiary alicyclic amines) is 2. The van der Waals surface area contributed by atoms with E-state index in [0.29, 0.717) is 17.1 Å². The third kappa shape index (κ3) is 4.51. The van der Waals surface area contributed by atoms with Crippen molar-refractivity contribution in [3.63, 3.8) is 0 Å². The van der Waals surface area contributed by atoms with Gasteiger partial charge < -0.3 is 4.90 Å². The summed E-state index contributed by atoms with van der Waals surface area (Å²) in [5.74, 6) is 0.959. The summed E-state index contributed by atoms with van der Waals surface area (Å²) in [6, 6.07) is 1.38. The Balaban J connectivity index is 1.93.